The summed E-state index contributed by atoms with van der Waals surface area (Å²) in [7, 11) is 0. The molecule has 0 radical (unpaired) electrons. The molecule has 100 valence electrons. The van der Waals surface area contributed by atoms with Gasteiger partial charge in [0, 0.05) is 11.6 Å². The van der Waals surface area contributed by atoms with E-state index in [1.54, 1.807) is 12.1 Å². The predicted octanol–water partition coefficient (Wildman–Crippen LogP) is 2.95. The minimum Gasteiger partial charge on any atom is -0.330 e. The summed E-state index contributed by atoms with van der Waals surface area (Å²) in [5.74, 6) is 0.674. The van der Waals surface area contributed by atoms with Crippen LogP contribution < -0.4 is 5.73 Å². The highest BCUT2D eigenvalue weighted by atomic mass is 19.1. The van der Waals surface area contributed by atoms with Gasteiger partial charge in [0.2, 0.25) is 0 Å². The summed E-state index contributed by atoms with van der Waals surface area (Å²) >= 11 is 0. The summed E-state index contributed by atoms with van der Waals surface area (Å²) in [6.45, 7) is 5.00. The summed E-state index contributed by atoms with van der Waals surface area (Å²) in [4.78, 5) is 2.38. The number of nitrogens with two attached hydrogens (primary N) is 1. The highest BCUT2D eigenvalue weighted by molar-refractivity contribution is 5.20. The van der Waals surface area contributed by atoms with Gasteiger partial charge in [0.25, 0.3) is 0 Å². The lowest BCUT2D eigenvalue weighted by Crippen LogP contribution is -2.36. The predicted molar refractivity (Wildman–Crippen MR) is 72.8 cm³/mol. The van der Waals surface area contributed by atoms with E-state index >= 15 is 0 Å². The second-order valence-electron chi connectivity index (χ2n) is 5.25. The second kappa shape index (κ2) is 6.30. The van der Waals surface area contributed by atoms with E-state index in [2.05, 4.69) is 11.8 Å². The van der Waals surface area contributed by atoms with Crippen LogP contribution >= 0.6 is 0 Å². The lowest BCUT2D eigenvalue weighted by atomic mass is 9.92. The van der Waals surface area contributed by atoms with Gasteiger partial charge in [-0.1, -0.05) is 18.2 Å². The average molecular weight is 250 g/mol. The second-order valence-corrected chi connectivity index (χ2v) is 5.25. The summed E-state index contributed by atoms with van der Waals surface area (Å²) in [5, 5.41) is 0. The van der Waals surface area contributed by atoms with Crippen molar-refractivity contribution in [3.63, 3.8) is 0 Å². The third-order valence-corrected chi connectivity index (χ3v) is 4.13. The van der Waals surface area contributed by atoms with Crippen LogP contribution in [0, 0.1) is 11.7 Å². The maximum Gasteiger partial charge on any atom is 0.127 e. The first kappa shape index (κ1) is 13.5. The van der Waals surface area contributed by atoms with Crippen LogP contribution in [0.5, 0.6) is 0 Å². The van der Waals surface area contributed by atoms with Crippen molar-refractivity contribution >= 4 is 0 Å². The molecule has 1 aromatic carbocycles. The van der Waals surface area contributed by atoms with Crippen molar-refractivity contribution in [2.45, 2.75) is 32.2 Å². The monoisotopic (exact) mass is 250 g/mol. The molecule has 1 aliphatic rings. The highest BCUT2D eigenvalue weighted by Crippen LogP contribution is 2.28. The zero-order valence-corrected chi connectivity index (χ0v) is 11.1. The number of hydrogen-bond donors (Lipinski definition) is 1. The van der Waals surface area contributed by atoms with E-state index in [9.17, 15) is 4.39 Å². The zero-order valence-electron chi connectivity index (χ0n) is 11.1. The van der Waals surface area contributed by atoms with Gasteiger partial charge in [0.05, 0.1) is 0 Å². The number of rotatable bonds is 4. The quantitative estimate of drug-likeness (QED) is 0.890. The molecule has 0 aliphatic carbocycles. The van der Waals surface area contributed by atoms with Crippen molar-refractivity contribution in [2.24, 2.45) is 11.7 Å². The molecule has 2 rings (SSSR count). The van der Waals surface area contributed by atoms with Gasteiger partial charge in [0.1, 0.15) is 5.82 Å². The first-order valence-corrected chi connectivity index (χ1v) is 6.91. The van der Waals surface area contributed by atoms with Crippen LogP contribution in [0.2, 0.25) is 0 Å². The Morgan fingerprint density at radius 1 is 1.33 bits per heavy atom. The minimum absolute atomic E-state index is 0.0888. The Labute approximate surface area is 109 Å². The fraction of sp³-hybridized carbons (Fsp3) is 0.600. The standard InChI is InChI=1S/C15H23FN2/c1-12(14-4-2-3-5-15(14)16)18-10-7-13(6-9-17)8-11-18/h2-5,12-13H,6-11,17H2,1H3. The molecule has 1 atom stereocenters. The van der Waals surface area contributed by atoms with Crippen molar-refractivity contribution in [1.29, 1.82) is 0 Å². The van der Waals surface area contributed by atoms with E-state index in [0.717, 1.165) is 37.5 Å². The van der Waals surface area contributed by atoms with E-state index in [4.69, 9.17) is 5.73 Å². The summed E-state index contributed by atoms with van der Waals surface area (Å²) < 4.78 is 13.7. The topological polar surface area (TPSA) is 29.3 Å². The zero-order chi connectivity index (χ0) is 13.0. The fourth-order valence-electron chi connectivity index (χ4n) is 2.88. The fourth-order valence-corrected chi connectivity index (χ4v) is 2.88. The van der Waals surface area contributed by atoms with E-state index in [1.165, 1.54) is 12.8 Å². The SMILES string of the molecule is CC(c1ccccc1F)N1CCC(CCN)CC1. The lowest BCUT2D eigenvalue weighted by molar-refractivity contribution is 0.136. The molecule has 1 unspecified atom stereocenters. The molecular formula is C15H23FN2. The molecule has 0 amide bonds. The van der Waals surface area contributed by atoms with Crippen LogP contribution in [0.3, 0.4) is 0 Å². The number of nitrogens with zero attached hydrogens (tertiary/aromatic N) is 1. The normalized spacial score (nSPS) is 19.9. The van der Waals surface area contributed by atoms with Crippen LogP contribution in [0.15, 0.2) is 24.3 Å². The van der Waals surface area contributed by atoms with Crippen LogP contribution in [0.4, 0.5) is 4.39 Å². The van der Waals surface area contributed by atoms with Gasteiger partial charge in [-0.2, -0.15) is 0 Å². The molecule has 1 aromatic rings. The van der Waals surface area contributed by atoms with Crippen LogP contribution in [0.1, 0.15) is 37.8 Å². The minimum atomic E-state index is -0.0888. The molecule has 3 heteroatoms. The van der Waals surface area contributed by atoms with Gasteiger partial charge in [-0.3, -0.25) is 4.90 Å². The Morgan fingerprint density at radius 3 is 2.61 bits per heavy atom. The number of benzene rings is 1. The summed E-state index contributed by atoms with van der Waals surface area (Å²) in [6.07, 6.45) is 3.51. The molecule has 0 spiro atoms. The third-order valence-electron chi connectivity index (χ3n) is 4.13. The largest absolute Gasteiger partial charge is 0.330 e. The Hall–Kier alpha value is -0.930. The number of hydrogen-bond acceptors (Lipinski definition) is 2. The molecule has 1 saturated heterocycles. The average Bonchev–Trinajstić information content (AvgIpc) is 2.40. The van der Waals surface area contributed by atoms with E-state index in [0.29, 0.717) is 0 Å². The van der Waals surface area contributed by atoms with E-state index in [-0.39, 0.29) is 11.9 Å². The molecule has 1 aliphatic heterocycles. The molecule has 1 heterocycles. The first-order chi connectivity index (χ1) is 8.72. The Kier molecular flexibility index (Phi) is 4.72. The number of piperidine rings is 1. The Balaban J connectivity index is 1.95. The molecule has 1 fully saturated rings. The molecular weight excluding hydrogens is 227 g/mol. The van der Waals surface area contributed by atoms with Crippen molar-refractivity contribution < 1.29 is 4.39 Å². The lowest BCUT2D eigenvalue weighted by Gasteiger charge is -2.36. The third kappa shape index (κ3) is 3.09. The molecule has 0 saturated carbocycles. The van der Waals surface area contributed by atoms with Gasteiger partial charge >= 0.3 is 0 Å². The van der Waals surface area contributed by atoms with Crippen LogP contribution in [-0.4, -0.2) is 24.5 Å². The molecule has 2 nitrogen and oxygen atoms in total. The molecule has 2 N–H and O–H groups in total. The van der Waals surface area contributed by atoms with E-state index < -0.39 is 0 Å². The van der Waals surface area contributed by atoms with Gasteiger partial charge in [0.15, 0.2) is 0 Å². The van der Waals surface area contributed by atoms with Gasteiger partial charge in [-0.25, -0.2) is 4.39 Å². The van der Waals surface area contributed by atoms with Gasteiger partial charge in [-0.15, -0.1) is 0 Å². The first-order valence-electron chi connectivity index (χ1n) is 6.91. The Bertz CT molecular complexity index is 373. The van der Waals surface area contributed by atoms with Crippen LogP contribution in [0.25, 0.3) is 0 Å². The van der Waals surface area contributed by atoms with Gasteiger partial charge < -0.3 is 5.73 Å². The Morgan fingerprint density at radius 2 is 2.00 bits per heavy atom. The van der Waals surface area contributed by atoms with Gasteiger partial charge in [-0.05, 0) is 57.8 Å². The molecule has 0 aromatic heterocycles. The maximum atomic E-state index is 13.7. The highest BCUT2D eigenvalue weighted by Gasteiger charge is 2.24. The van der Waals surface area contributed by atoms with Crippen molar-refractivity contribution in [3.8, 4) is 0 Å². The van der Waals surface area contributed by atoms with Crippen molar-refractivity contribution in [1.82, 2.24) is 4.90 Å². The van der Waals surface area contributed by atoms with Crippen LogP contribution in [-0.2, 0) is 0 Å². The molecule has 18 heavy (non-hydrogen) atoms. The van der Waals surface area contributed by atoms with Crippen molar-refractivity contribution in [2.75, 3.05) is 19.6 Å². The molecule has 0 bridgehead atoms. The number of likely N-dealkylation sites (tertiary alicyclic amines) is 1. The smallest absolute Gasteiger partial charge is 0.127 e. The maximum absolute atomic E-state index is 13.7. The summed E-state index contributed by atoms with van der Waals surface area (Å²) in [6, 6.07) is 7.28. The number of halogens is 1. The van der Waals surface area contributed by atoms with E-state index in [1.807, 2.05) is 12.1 Å². The van der Waals surface area contributed by atoms with Crippen molar-refractivity contribution in [3.05, 3.63) is 35.6 Å². The summed E-state index contributed by atoms with van der Waals surface area (Å²) in [5.41, 5.74) is 6.42.